The highest BCUT2D eigenvalue weighted by molar-refractivity contribution is 7.17. The van der Waals surface area contributed by atoms with Crippen LogP contribution in [0.1, 0.15) is 44.9 Å². The van der Waals surface area contributed by atoms with E-state index in [0.717, 1.165) is 60.5 Å². The minimum absolute atomic E-state index is 0.0906. The molecule has 0 spiro atoms. The molecule has 2 fully saturated rings. The standard InChI is InChI=1S/C26H32N6OS/c1-2-23(33)27-18-6-8-19(9-7-18)28-25-24-22(14-17-34-24)30-26(31-25)29-20-10-12-21(13-11-20)32-15-4-3-5-16-32/h2,10-14,17-19H,1,3-9,15-16H2,(H,27,33)(H2,28,29,30,31)/t18-,19+. The van der Waals surface area contributed by atoms with Crippen molar-refractivity contribution >= 4 is 50.6 Å². The maximum Gasteiger partial charge on any atom is 0.243 e. The summed E-state index contributed by atoms with van der Waals surface area (Å²) in [6.07, 6.45) is 9.09. The first-order valence-corrected chi connectivity index (χ1v) is 13.1. The van der Waals surface area contributed by atoms with Crippen molar-refractivity contribution in [2.24, 2.45) is 0 Å². The summed E-state index contributed by atoms with van der Waals surface area (Å²) < 4.78 is 1.08. The zero-order valence-electron chi connectivity index (χ0n) is 19.4. The Morgan fingerprint density at radius 2 is 1.74 bits per heavy atom. The van der Waals surface area contributed by atoms with E-state index in [4.69, 9.17) is 9.97 Å². The van der Waals surface area contributed by atoms with Crippen LogP contribution in [0, 0.1) is 0 Å². The topological polar surface area (TPSA) is 82.2 Å². The maximum absolute atomic E-state index is 11.6. The van der Waals surface area contributed by atoms with Gasteiger partial charge in [0, 0.05) is 36.5 Å². The molecule has 1 saturated heterocycles. The number of carbonyl (C=O) groups excluding carboxylic acids is 1. The molecule has 1 aliphatic carbocycles. The lowest BCUT2D eigenvalue weighted by Crippen LogP contribution is -2.39. The summed E-state index contributed by atoms with van der Waals surface area (Å²) in [5.74, 6) is 1.39. The fraction of sp³-hybridized carbons (Fsp3) is 0.423. The normalized spacial score (nSPS) is 20.6. The van der Waals surface area contributed by atoms with Gasteiger partial charge in [-0.3, -0.25) is 4.79 Å². The molecule has 2 aromatic heterocycles. The second kappa shape index (κ2) is 10.4. The number of carbonyl (C=O) groups is 1. The number of piperidine rings is 1. The first-order chi connectivity index (χ1) is 16.7. The molecule has 0 unspecified atom stereocenters. The largest absolute Gasteiger partial charge is 0.372 e. The Labute approximate surface area is 204 Å². The third-order valence-electron chi connectivity index (χ3n) is 6.75. The van der Waals surface area contributed by atoms with Gasteiger partial charge < -0.3 is 20.9 Å². The predicted octanol–water partition coefficient (Wildman–Crippen LogP) is 5.45. The van der Waals surface area contributed by atoms with E-state index in [1.54, 1.807) is 11.3 Å². The summed E-state index contributed by atoms with van der Waals surface area (Å²) in [5, 5.41) is 12.1. The van der Waals surface area contributed by atoms with Crippen molar-refractivity contribution in [3.63, 3.8) is 0 Å². The quantitative estimate of drug-likeness (QED) is 0.393. The molecular formula is C26H32N6OS. The van der Waals surface area contributed by atoms with Crippen LogP contribution in [0.25, 0.3) is 10.2 Å². The van der Waals surface area contributed by atoms with Crippen LogP contribution in [0.5, 0.6) is 0 Å². The van der Waals surface area contributed by atoms with E-state index in [9.17, 15) is 4.79 Å². The number of anilines is 4. The molecule has 178 valence electrons. The fourth-order valence-electron chi connectivity index (χ4n) is 4.89. The van der Waals surface area contributed by atoms with Gasteiger partial charge >= 0.3 is 0 Å². The summed E-state index contributed by atoms with van der Waals surface area (Å²) in [7, 11) is 0. The van der Waals surface area contributed by atoms with Crippen LogP contribution in [0.2, 0.25) is 0 Å². The molecule has 34 heavy (non-hydrogen) atoms. The van der Waals surface area contributed by atoms with E-state index in [1.165, 1.54) is 31.0 Å². The highest BCUT2D eigenvalue weighted by Crippen LogP contribution is 2.31. The summed E-state index contributed by atoms with van der Waals surface area (Å²) in [4.78, 5) is 23.6. The minimum atomic E-state index is -0.0906. The second-order valence-corrected chi connectivity index (χ2v) is 10.1. The number of fused-ring (bicyclic) bond motifs is 1. The van der Waals surface area contributed by atoms with E-state index >= 15 is 0 Å². The van der Waals surface area contributed by atoms with E-state index in [1.807, 2.05) is 6.07 Å². The lowest BCUT2D eigenvalue weighted by atomic mass is 9.91. The lowest BCUT2D eigenvalue weighted by molar-refractivity contribution is -0.117. The van der Waals surface area contributed by atoms with Gasteiger partial charge in [0.15, 0.2) is 0 Å². The third kappa shape index (κ3) is 5.33. The Balaban J connectivity index is 1.26. The zero-order valence-corrected chi connectivity index (χ0v) is 20.2. The van der Waals surface area contributed by atoms with Crippen LogP contribution in [0.4, 0.5) is 23.1 Å². The Morgan fingerprint density at radius 1 is 1.00 bits per heavy atom. The molecule has 3 N–H and O–H groups in total. The SMILES string of the molecule is C=CC(=O)N[C@H]1CC[C@@H](Nc2nc(Nc3ccc(N4CCCCC4)cc3)nc3ccsc23)CC1. The number of rotatable bonds is 7. The molecule has 8 heteroatoms. The Morgan fingerprint density at radius 3 is 2.47 bits per heavy atom. The van der Waals surface area contributed by atoms with Crippen LogP contribution in [-0.2, 0) is 4.79 Å². The first kappa shape index (κ1) is 22.7. The maximum atomic E-state index is 11.6. The number of hydrogen-bond acceptors (Lipinski definition) is 7. The number of amides is 1. The molecule has 0 radical (unpaired) electrons. The highest BCUT2D eigenvalue weighted by Gasteiger charge is 2.23. The molecule has 5 rings (SSSR count). The second-order valence-electron chi connectivity index (χ2n) is 9.16. The molecule has 3 heterocycles. The summed E-state index contributed by atoms with van der Waals surface area (Å²) >= 11 is 1.66. The van der Waals surface area contributed by atoms with Gasteiger partial charge in [-0.1, -0.05) is 6.58 Å². The van der Waals surface area contributed by atoms with Crippen molar-refractivity contribution in [3.8, 4) is 0 Å². The third-order valence-corrected chi connectivity index (χ3v) is 7.66. The molecule has 3 aromatic rings. The predicted molar refractivity (Wildman–Crippen MR) is 141 cm³/mol. The molecule has 7 nitrogen and oxygen atoms in total. The number of thiophene rings is 1. The van der Waals surface area contributed by atoms with Gasteiger partial charge in [0.05, 0.1) is 10.2 Å². The van der Waals surface area contributed by atoms with Crippen molar-refractivity contribution in [2.75, 3.05) is 28.6 Å². The Kier molecular flexibility index (Phi) is 6.94. The van der Waals surface area contributed by atoms with Crippen molar-refractivity contribution in [3.05, 3.63) is 48.4 Å². The smallest absolute Gasteiger partial charge is 0.243 e. The van der Waals surface area contributed by atoms with Crippen LogP contribution in [0.15, 0.2) is 48.4 Å². The van der Waals surface area contributed by atoms with Crippen LogP contribution < -0.4 is 20.9 Å². The van der Waals surface area contributed by atoms with Crippen LogP contribution in [-0.4, -0.2) is 41.0 Å². The van der Waals surface area contributed by atoms with Gasteiger partial charge in [-0.25, -0.2) is 4.98 Å². The molecule has 1 aliphatic heterocycles. The van der Waals surface area contributed by atoms with E-state index in [0.29, 0.717) is 12.0 Å². The van der Waals surface area contributed by atoms with Crippen LogP contribution in [0.3, 0.4) is 0 Å². The Bertz CT molecular complexity index is 1130. The molecule has 1 saturated carbocycles. The summed E-state index contributed by atoms with van der Waals surface area (Å²) in [6, 6.07) is 11.2. The van der Waals surface area contributed by atoms with E-state index in [2.05, 4.69) is 57.1 Å². The minimum Gasteiger partial charge on any atom is -0.372 e. The average molecular weight is 477 g/mol. The molecule has 1 aromatic carbocycles. The van der Waals surface area contributed by atoms with Crippen molar-refractivity contribution in [1.29, 1.82) is 0 Å². The molecule has 0 bridgehead atoms. The number of nitrogens with one attached hydrogen (secondary N) is 3. The van der Waals surface area contributed by atoms with Gasteiger partial charge in [-0.15, -0.1) is 11.3 Å². The van der Waals surface area contributed by atoms with Gasteiger partial charge in [-0.2, -0.15) is 4.98 Å². The number of nitrogens with zero attached hydrogens (tertiary/aromatic N) is 3. The number of benzene rings is 1. The van der Waals surface area contributed by atoms with Gasteiger partial charge in [0.1, 0.15) is 5.82 Å². The van der Waals surface area contributed by atoms with E-state index < -0.39 is 0 Å². The summed E-state index contributed by atoms with van der Waals surface area (Å²) in [6.45, 7) is 5.82. The lowest BCUT2D eigenvalue weighted by Gasteiger charge is -2.30. The zero-order chi connectivity index (χ0) is 23.3. The van der Waals surface area contributed by atoms with Gasteiger partial charge in [0.2, 0.25) is 11.9 Å². The Hall–Kier alpha value is -3.13. The number of hydrogen-bond donors (Lipinski definition) is 3. The monoisotopic (exact) mass is 476 g/mol. The summed E-state index contributed by atoms with van der Waals surface area (Å²) in [5.41, 5.74) is 3.21. The van der Waals surface area contributed by atoms with Crippen molar-refractivity contribution < 1.29 is 4.79 Å². The van der Waals surface area contributed by atoms with Crippen molar-refractivity contribution in [2.45, 2.75) is 57.0 Å². The molecular weight excluding hydrogens is 444 g/mol. The van der Waals surface area contributed by atoms with Gasteiger partial charge in [-0.05, 0) is 86.7 Å². The van der Waals surface area contributed by atoms with E-state index in [-0.39, 0.29) is 11.9 Å². The van der Waals surface area contributed by atoms with Crippen molar-refractivity contribution in [1.82, 2.24) is 15.3 Å². The first-order valence-electron chi connectivity index (χ1n) is 12.2. The molecule has 0 atom stereocenters. The molecule has 2 aliphatic rings. The fourth-order valence-corrected chi connectivity index (χ4v) is 5.67. The average Bonchev–Trinajstić information content (AvgIpc) is 3.35. The number of aromatic nitrogens is 2. The van der Waals surface area contributed by atoms with Gasteiger partial charge in [0.25, 0.3) is 0 Å². The highest BCUT2D eigenvalue weighted by atomic mass is 32.1. The van der Waals surface area contributed by atoms with Crippen LogP contribution >= 0.6 is 11.3 Å². The molecule has 1 amide bonds.